The summed E-state index contributed by atoms with van der Waals surface area (Å²) < 4.78 is 74.5. The lowest BCUT2D eigenvalue weighted by Gasteiger charge is -2.16. The van der Waals surface area contributed by atoms with Crippen molar-refractivity contribution in [3.63, 3.8) is 0 Å². The van der Waals surface area contributed by atoms with Gasteiger partial charge in [-0.1, -0.05) is 0 Å². The van der Waals surface area contributed by atoms with Gasteiger partial charge in [0.25, 0.3) is 11.4 Å². The van der Waals surface area contributed by atoms with Gasteiger partial charge >= 0.3 is 23.5 Å². The minimum absolute atomic E-state index is 0.0219. The number of nitro groups is 1. The van der Waals surface area contributed by atoms with Gasteiger partial charge in [-0.3, -0.25) is 19.5 Å². The van der Waals surface area contributed by atoms with Gasteiger partial charge in [0.05, 0.1) is 30.9 Å². The van der Waals surface area contributed by atoms with Crippen LogP contribution in [-0.2, 0) is 22.8 Å². The molecule has 0 saturated heterocycles. The minimum Gasteiger partial charge on any atom is -0.481 e. The molecule has 2 heterocycles. The third-order valence-electron chi connectivity index (χ3n) is 4.86. The molecule has 0 N–H and O–H groups in total. The van der Waals surface area contributed by atoms with E-state index in [1.165, 1.54) is 13.2 Å². The van der Waals surface area contributed by atoms with Gasteiger partial charge in [-0.2, -0.15) is 18.2 Å². The van der Waals surface area contributed by atoms with E-state index >= 15 is 0 Å². The fourth-order valence-corrected chi connectivity index (χ4v) is 3.06. The van der Waals surface area contributed by atoms with Gasteiger partial charge in [-0.15, -0.1) is 0 Å². The van der Waals surface area contributed by atoms with Gasteiger partial charge in [0.15, 0.2) is 18.2 Å². The Bertz CT molecular complexity index is 1530. The van der Waals surface area contributed by atoms with Crippen LogP contribution in [0.2, 0.25) is 0 Å². The topological polar surface area (TPSA) is 154 Å². The van der Waals surface area contributed by atoms with E-state index in [-0.39, 0.29) is 26.8 Å². The molecule has 0 amide bonds. The first kappa shape index (κ1) is 27.6. The molecule has 0 unspecified atom stereocenters. The summed E-state index contributed by atoms with van der Waals surface area (Å²) >= 11 is 0. The Labute approximate surface area is 208 Å². The standard InChI is InChI=1S/C21H16F4N4O9/c1-27-15(21(23,24)25)8-17(30)28(20(27)32)11-7-14(12(29(33)34)6-10(11)22)38-13-4-5-16(35-2)26-19(13)37-9-18(31)36-3/h4-8H,9H2,1-3H3. The fourth-order valence-electron chi connectivity index (χ4n) is 3.06. The molecule has 0 bridgehead atoms. The van der Waals surface area contributed by atoms with E-state index < -0.39 is 69.4 Å². The number of halogens is 4. The van der Waals surface area contributed by atoms with Crippen LogP contribution in [0, 0.1) is 15.9 Å². The Balaban J connectivity index is 2.20. The Hall–Kier alpha value is -4.96. The summed E-state index contributed by atoms with van der Waals surface area (Å²) in [6.07, 6.45) is -5.07. The maximum Gasteiger partial charge on any atom is 0.431 e. The molecule has 0 aliphatic heterocycles. The molecule has 202 valence electrons. The molecule has 0 radical (unpaired) electrons. The van der Waals surface area contributed by atoms with Gasteiger partial charge < -0.3 is 18.9 Å². The number of hydrogen-bond donors (Lipinski definition) is 0. The number of hydrogen-bond acceptors (Lipinski definition) is 10. The van der Waals surface area contributed by atoms with E-state index in [9.17, 15) is 42.1 Å². The van der Waals surface area contributed by atoms with Crippen LogP contribution in [0.1, 0.15) is 5.69 Å². The normalized spacial score (nSPS) is 11.1. The smallest absolute Gasteiger partial charge is 0.431 e. The maximum atomic E-state index is 14.9. The highest BCUT2D eigenvalue weighted by atomic mass is 19.4. The first-order chi connectivity index (χ1) is 17.8. The van der Waals surface area contributed by atoms with Gasteiger partial charge in [0, 0.05) is 25.2 Å². The number of methoxy groups -OCH3 is 2. The molecule has 13 nitrogen and oxygen atoms in total. The average molecular weight is 544 g/mol. The summed E-state index contributed by atoms with van der Waals surface area (Å²) in [7, 11) is 3.04. The van der Waals surface area contributed by atoms with E-state index in [1.54, 1.807) is 0 Å². The highest BCUT2D eigenvalue weighted by molar-refractivity contribution is 5.71. The van der Waals surface area contributed by atoms with Crippen LogP contribution in [0.5, 0.6) is 23.3 Å². The van der Waals surface area contributed by atoms with Crippen molar-refractivity contribution in [3.8, 4) is 28.9 Å². The number of rotatable bonds is 8. The quantitative estimate of drug-likeness (QED) is 0.179. The van der Waals surface area contributed by atoms with E-state index in [2.05, 4.69) is 9.72 Å². The summed E-state index contributed by atoms with van der Waals surface area (Å²) in [6.45, 7) is -0.666. The summed E-state index contributed by atoms with van der Waals surface area (Å²) in [5.74, 6) is -3.87. The van der Waals surface area contributed by atoms with E-state index in [1.807, 2.05) is 0 Å². The monoisotopic (exact) mass is 544 g/mol. The number of nitrogens with zero attached hydrogens (tertiary/aromatic N) is 4. The van der Waals surface area contributed by atoms with Crippen molar-refractivity contribution in [2.75, 3.05) is 20.8 Å². The van der Waals surface area contributed by atoms with Crippen molar-refractivity contribution in [1.82, 2.24) is 14.1 Å². The molecule has 0 aliphatic carbocycles. The summed E-state index contributed by atoms with van der Waals surface area (Å²) in [6, 6.07) is 3.34. The number of aromatic nitrogens is 3. The number of esters is 1. The second-order valence-electron chi connectivity index (χ2n) is 7.19. The van der Waals surface area contributed by atoms with Crippen LogP contribution in [-0.4, -0.2) is 45.8 Å². The van der Waals surface area contributed by atoms with Crippen molar-refractivity contribution in [2.45, 2.75) is 6.18 Å². The van der Waals surface area contributed by atoms with Crippen LogP contribution in [0.15, 0.2) is 39.9 Å². The minimum atomic E-state index is -5.07. The van der Waals surface area contributed by atoms with Crippen molar-refractivity contribution < 1.29 is 46.2 Å². The van der Waals surface area contributed by atoms with Crippen molar-refractivity contribution in [2.24, 2.45) is 7.05 Å². The molecule has 2 aromatic heterocycles. The van der Waals surface area contributed by atoms with Gasteiger partial charge in [0.2, 0.25) is 11.6 Å². The largest absolute Gasteiger partial charge is 0.481 e. The number of nitro benzene ring substituents is 1. The highest BCUT2D eigenvalue weighted by Gasteiger charge is 2.35. The second-order valence-corrected chi connectivity index (χ2v) is 7.19. The predicted octanol–water partition coefficient (Wildman–Crippen LogP) is 2.35. The lowest BCUT2D eigenvalue weighted by molar-refractivity contribution is -0.385. The van der Waals surface area contributed by atoms with Gasteiger partial charge in [-0.25, -0.2) is 18.5 Å². The molecule has 0 spiro atoms. The summed E-state index contributed by atoms with van der Waals surface area (Å²) in [5.41, 5.74) is -6.68. The second kappa shape index (κ2) is 10.6. The Morgan fingerprint density at radius 2 is 1.82 bits per heavy atom. The Morgan fingerprint density at radius 1 is 1.13 bits per heavy atom. The van der Waals surface area contributed by atoms with Crippen LogP contribution >= 0.6 is 0 Å². The van der Waals surface area contributed by atoms with Crippen molar-refractivity contribution in [1.29, 1.82) is 0 Å². The average Bonchev–Trinajstić information content (AvgIpc) is 2.85. The van der Waals surface area contributed by atoms with Gasteiger partial charge in [-0.05, 0) is 6.07 Å². The van der Waals surface area contributed by atoms with Gasteiger partial charge in [0.1, 0.15) is 5.69 Å². The molecule has 38 heavy (non-hydrogen) atoms. The Kier molecular flexibility index (Phi) is 7.68. The predicted molar refractivity (Wildman–Crippen MR) is 117 cm³/mol. The first-order valence-corrected chi connectivity index (χ1v) is 10.1. The third kappa shape index (κ3) is 5.55. The third-order valence-corrected chi connectivity index (χ3v) is 4.86. The summed E-state index contributed by atoms with van der Waals surface area (Å²) in [4.78, 5) is 50.9. The highest BCUT2D eigenvalue weighted by Crippen LogP contribution is 2.38. The van der Waals surface area contributed by atoms with Crippen LogP contribution in [0.25, 0.3) is 5.69 Å². The van der Waals surface area contributed by atoms with Crippen LogP contribution < -0.4 is 25.5 Å². The number of ether oxygens (including phenoxy) is 4. The lowest BCUT2D eigenvalue weighted by Crippen LogP contribution is -2.41. The molecule has 0 fully saturated rings. The molecule has 3 aromatic rings. The molecule has 0 aliphatic rings. The molecule has 3 rings (SSSR count). The molecule has 0 saturated carbocycles. The van der Waals surface area contributed by atoms with E-state index in [4.69, 9.17) is 14.2 Å². The van der Waals surface area contributed by atoms with E-state index in [0.717, 1.165) is 13.2 Å². The van der Waals surface area contributed by atoms with Crippen molar-refractivity contribution >= 4 is 11.7 Å². The lowest BCUT2D eigenvalue weighted by atomic mass is 10.2. The zero-order chi connectivity index (χ0) is 28.4. The molecular formula is C21H16F4N4O9. The van der Waals surface area contributed by atoms with Crippen LogP contribution in [0.3, 0.4) is 0 Å². The van der Waals surface area contributed by atoms with Crippen LogP contribution in [0.4, 0.5) is 23.2 Å². The molecule has 17 heteroatoms. The molecular weight excluding hydrogens is 528 g/mol. The summed E-state index contributed by atoms with van der Waals surface area (Å²) in [5, 5.41) is 11.6. The number of alkyl halides is 3. The fraction of sp³-hybridized carbons (Fsp3) is 0.238. The first-order valence-electron chi connectivity index (χ1n) is 10.1. The number of benzene rings is 1. The van der Waals surface area contributed by atoms with E-state index in [0.29, 0.717) is 19.2 Å². The number of carbonyl (C=O) groups excluding carboxylic acids is 1. The zero-order valence-electron chi connectivity index (χ0n) is 19.6. The maximum absolute atomic E-state index is 14.9. The number of pyridine rings is 1. The van der Waals surface area contributed by atoms with Crippen molar-refractivity contribution in [3.05, 3.63) is 72.8 Å². The number of carbonyl (C=O) groups is 1. The zero-order valence-corrected chi connectivity index (χ0v) is 19.6. The molecule has 1 aromatic carbocycles. The molecule has 0 atom stereocenters. The Morgan fingerprint density at radius 3 is 2.39 bits per heavy atom. The SMILES string of the molecule is COC(=O)COc1nc(OC)ccc1Oc1cc(-n2c(=O)cc(C(F)(F)F)n(C)c2=O)c(F)cc1[N+](=O)[O-].